The van der Waals surface area contributed by atoms with Gasteiger partial charge >= 0.3 is 0 Å². The summed E-state index contributed by atoms with van der Waals surface area (Å²) in [5.41, 5.74) is 6.20. The van der Waals surface area contributed by atoms with Crippen LogP contribution in [0.4, 0.5) is 0 Å². The summed E-state index contributed by atoms with van der Waals surface area (Å²) in [6, 6.07) is 25.9. The van der Waals surface area contributed by atoms with Gasteiger partial charge in [-0.05, 0) is 23.3 Å². The maximum atomic E-state index is 6.02. The molecule has 0 saturated carbocycles. The van der Waals surface area contributed by atoms with Crippen molar-refractivity contribution in [1.29, 1.82) is 0 Å². The Morgan fingerprint density at radius 2 is 1.54 bits per heavy atom. The molecule has 0 radical (unpaired) electrons. The Kier molecular flexibility index (Phi) is 6.26. The minimum absolute atomic E-state index is 0.472. The van der Waals surface area contributed by atoms with Crippen LogP contribution in [0.25, 0.3) is 0 Å². The maximum Gasteiger partial charge on any atom is 0.170 e. The van der Waals surface area contributed by atoms with Gasteiger partial charge in [-0.15, -0.1) is 0 Å². The van der Waals surface area contributed by atoms with Gasteiger partial charge < -0.3 is 14.9 Å². The van der Waals surface area contributed by atoms with E-state index in [4.69, 9.17) is 9.47 Å². The SMILES string of the molecule is COc1cccc(C=NNCc2ccccc2)c1OCc1ccccc1. The third kappa shape index (κ3) is 4.86. The third-order valence-corrected chi connectivity index (χ3v) is 3.88. The van der Waals surface area contributed by atoms with Crippen molar-refractivity contribution in [3.8, 4) is 11.5 Å². The smallest absolute Gasteiger partial charge is 0.170 e. The van der Waals surface area contributed by atoms with Crippen LogP contribution in [-0.2, 0) is 13.2 Å². The highest BCUT2D eigenvalue weighted by Crippen LogP contribution is 2.30. The summed E-state index contributed by atoms with van der Waals surface area (Å²) in [6.45, 7) is 1.14. The lowest BCUT2D eigenvalue weighted by atomic mass is 10.2. The molecule has 0 aliphatic heterocycles. The number of para-hydroxylation sites is 1. The molecule has 0 aliphatic rings. The lowest BCUT2D eigenvalue weighted by Crippen LogP contribution is -2.06. The molecule has 0 aromatic heterocycles. The van der Waals surface area contributed by atoms with Gasteiger partial charge in [0.25, 0.3) is 0 Å². The van der Waals surface area contributed by atoms with Crippen LogP contribution in [0.15, 0.2) is 84.0 Å². The molecule has 0 fully saturated rings. The zero-order chi connectivity index (χ0) is 18.0. The monoisotopic (exact) mass is 346 g/mol. The number of nitrogens with one attached hydrogen (secondary N) is 1. The van der Waals surface area contributed by atoms with Crippen molar-refractivity contribution in [2.24, 2.45) is 5.10 Å². The van der Waals surface area contributed by atoms with Crippen LogP contribution in [0.5, 0.6) is 11.5 Å². The summed E-state index contributed by atoms with van der Waals surface area (Å²) < 4.78 is 11.5. The number of hydrazone groups is 1. The minimum atomic E-state index is 0.472. The lowest BCUT2D eigenvalue weighted by molar-refractivity contribution is 0.284. The molecular weight excluding hydrogens is 324 g/mol. The first-order chi connectivity index (χ1) is 12.9. The highest BCUT2D eigenvalue weighted by Gasteiger charge is 2.09. The molecule has 0 aliphatic carbocycles. The minimum Gasteiger partial charge on any atom is -0.493 e. The molecular formula is C22H22N2O2. The van der Waals surface area contributed by atoms with E-state index >= 15 is 0 Å². The quantitative estimate of drug-likeness (QED) is 0.486. The summed E-state index contributed by atoms with van der Waals surface area (Å²) in [7, 11) is 1.64. The summed E-state index contributed by atoms with van der Waals surface area (Å²) in [4.78, 5) is 0. The molecule has 4 heteroatoms. The van der Waals surface area contributed by atoms with Crippen LogP contribution in [0, 0.1) is 0 Å². The first-order valence-electron chi connectivity index (χ1n) is 8.50. The molecule has 4 nitrogen and oxygen atoms in total. The predicted molar refractivity (Wildman–Crippen MR) is 105 cm³/mol. The van der Waals surface area contributed by atoms with E-state index in [1.165, 1.54) is 5.56 Å². The van der Waals surface area contributed by atoms with Crippen LogP contribution >= 0.6 is 0 Å². The van der Waals surface area contributed by atoms with Gasteiger partial charge in [-0.1, -0.05) is 66.7 Å². The average molecular weight is 346 g/mol. The third-order valence-electron chi connectivity index (χ3n) is 3.88. The predicted octanol–water partition coefficient (Wildman–Crippen LogP) is 4.40. The van der Waals surface area contributed by atoms with Crippen LogP contribution in [0.2, 0.25) is 0 Å². The van der Waals surface area contributed by atoms with Gasteiger partial charge in [0, 0.05) is 5.56 Å². The van der Waals surface area contributed by atoms with Gasteiger partial charge in [-0.3, -0.25) is 0 Å². The molecule has 0 heterocycles. The van der Waals surface area contributed by atoms with Crippen molar-refractivity contribution in [3.05, 3.63) is 95.6 Å². The Hall–Kier alpha value is -3.27. The largest absolute Gasteiger partial charge is 0.493 e. The van der Waals surface area contributed by atoms with Crippen molar-refractivity contribution >= 4 is 6.21 Å². The zero-order valence-corrected chi connectivity index (χ0v) is 14.8. The molecule has 1 N–H and O–H groups in total. The molecule has 3 aromatic carbocycles. The van der Waals surface area contributed by atoms with Crippen LogP contribution in [0.3, 0.4) is 0 Å². The maximum absolute atomic E-state index is 6.02. The molecule has 0 atom stereocenters. The van der Waals surface area contributed by atoms with Gasteiger partial charge in [0.2, 0.25) is 0 Å². The summed E-state index contributed by atoms with van der Waals surface area (Å²) in [6.07, 6.45) is 1.76. The van der Waals surface area contributed by atoms with Crippen molar-refractivity contribution in [2.75, 3.05) is 7.11 Å². The highest BCUT2D eigenvalue weighted by atomic mass is 16.5. The topological polar surface area (TPSA) is 42.8 Å². The normalized spacial score (nSPS) is 10.7. The number of ether oxygens (including phenoxy) is 2. The molecule has 26 heavy (non-hydrogen) atoms. The second kappa shape index (κ2) is 9.28. The average Bonchev–Trinajstić information content (AvgIpc) is 2.71. The Balaban J connectivity index is 1.68. The van der Waals surface area contributed by atoms with Crippen molar-refractivity contribution in [1.82, 2.24) is 5.43 Å². The van der Waals surface area contributed by atoms with Gasteiger partial charge in [0.1, 0.15) is 6.61 Å². The molecule has 132 valence electrons. The van der Waals surface area contributed by atoms with Gasteiger partial charge in [0.05, 0.1) is 19.9 Å². The molecule has 0 saturated heterocycles. The van der Waals surface area contributed by atoms with Gasteiger partial charge in [-0.25, -0.2) is 0 Å². The number of hydrogen-bond acceptors (Lipinski definition) is 4. The first kappa shape index (κ1) is 17.5. The van der Waals surface area contributed by atoms with Crippen LogP contribution in [0.1, 0.15) is 16.7 Å². The van der Waals surface area contributed by atoms with E-state index in [1.807, 2.05) is 66.7 Å². The summed E-state index contributed by atoms with van der Waals surface area (Å²) in [5, 5.41) is 4.32. The molecule has 3 aromatic rings. The Morgan fingerprint density at radius 1 is 0.846 bits per heavy atom. The first-order valence-corrected chi connectivity index (χ1v) is 8.50. The van der Waals surface area contributed by atoms with Gasteiger partial charge in [0.15, 0.2) is 11.5 Å². The number of nitrogens with zero attached hydrogens (tertiary/aromatic N) is 1. The van der Waals surface area contributed by atoms with Crippen molar-refractivity contribution < 1.29 is 9.47 Å². The fourth-order valence-corrected chi connectivity index (χ4v) is 2.53. The second-order valence-electron chi connectivity index (χ2n) is 5.73. The Bertz CT molecular complexity index is 833. The van der Waals surface area contributed by atoms with Crippen LogP contribution in [-0.4, -0.2) is 13.3 Å². The van der Waals surface area contributed by atoms with E-state index in [0.29, 0.717) is 24.7 Å². The standard InChI is InChI=1S/C22H22N2O2/c1-25-21-14-8-13-20(16-24-23-15-18-9-4-2-5-10-18)22(21)26-17-19-11-6-3-7-12-19/h2-14,16,23H,15,17H2,1H3. The fraction of sp³-hybridized carbons (Fsp3) is 0.136. The Labute approximate surface area is 154 Å². The van der Waals surface area contributed by atoms with Crippen molar-refractivity contribution in [3.63, 3.8) is 0 Å². The number of hydrogen-bond donors (Lipinski definition) is 1. The van der Waals surface area contributed by atoms with E-state index in [0.717, 1.165) is 11.1 Å². The lowest BCUT2D eigenvalue weighted by Gasteiger charge is -2.13. The van der Waals surface area contributed by atoms with E-state index in [1.54, 1.807) is 13.3 Å². The number of benzene rings is 3. The van der Waals surface area contributed by atoms with E-state index in [-0.39, 0.29) is 0 Å². The number of rotatable bonds is 8. The molecule has 3 rings (SSSR count). The molecule has 0 bridgehead atoms. The van der Waals surface area contributed by atoms with Crippen molar-refractivity contribution in [2.45, 2.75) is 13.2 Å². The molecule has 0 spiro atoms. The van der Waals surface area contributed by atoms with E-state index in [2.05, 4.69) is 22.7 Å². The number of methoxy groups -OCH3 is 1. The summed E-state index contributed by atoms with van der Waals surface area (Å²) >= 11 is 0. The zero-order valence-electron chi connectivity index (χ0n) is 14.8. The Morgan fingerprint density at radius 3 is 2.23 bits per heavy atom. The van der Waals surface area contributed by atoms with Crippen LogP contribution < -0.4 is 14.9 Å². The van der Waals surface area contributed by atoms with Gasteiger partial charge in [-0.2, -0.15) is 5.10 Å². The molecule has 0 unspecified atom stereocenters. The van der Waals surface area contributed by atoms with E-state index in [9.17, 15) is 0 Å². The van der Waals surface area contributed by atoms with E-state index < -0.39 is 0 Å². The summed E-state index contributed by atoms with van der Waals surface area (Å²) in [5.74, 6) is 1.37. The second-order valence-corrected chi connectivity index (χ2v) is 5.73. The highest BCUT2D eigenvalue weighted by molar-refractivity contribution is 5.84. The fourth-order valence-electron chi connectivity index (χ4n) is 2.53. The molecule has 0 amide bonds.